The average molecular weight is 650 g/mol. The lowest BCUT2D eigenvalue weighted by atomic mass is 9.80. The normalized spacial score (nSPS) is 14.7. The summed E-state index contributed by atoms with van der Waals surface area (Å²) < 4.78 is 0. The van der Waals surface area contributed by atoms with Crippen LogP contribution in [0.3, 0.4) is 0 Å². The van der Waals surface area contributed by atoms with Gasteiger partial charge < -0.3 is 0 Å². The lowest BCUT2D eigenvalue weighted by molar-refractivity contribution is 0.771. The summed E-state index contributed by atoms with van der Waals surface area (Å²) in [5.41, 5.74) is 11.3. The van der Waals surface area contributed by atoms with Crippen LogP contribution in [-0.2, 0) is 0 Å². The summed E-state index contributed by atoms with van der Waals surface area (Å²) in [7, 11) is 0. The Bertz CT molecular complexity index is 2910. The number of fused-ring (bicyclic) bond motifs is 5. The molecule has 240 valence electrons. The molecule has 1 atom stereocenters. The second-order valence-electron chi connectivity index (χ2n) is 14.0. The highest BCUT2D eigenvalue weighted by molar-refractivity contribution is 6.22. The van der Waals surface area contributed by atoms with E-state index in [1.807, 2.05) is 6.20 Å². The van der Waals surface area contributed by atoms with E-state index in [4.69, 9.17) is 4.98 Å². The second kappa shape index (κ2) is 11.9. The zero-order chi connectivity index (χ0) is 33.9. The van der Waals surface area contributed by atoms with Crippen LogP contribution in [0, 0.1) is 5.92 Å². The minimum atomic E-state index is 0.360. The highest BCUT2D eigenvalue weighted by Crippen LogP contribution is 2.46. The Kier molecular flexibility index (Phi) is 6.92. The Morgan fingerprint density at radius 2 is 0.961 bits per heavy atom. The standard InChI is InChI=1S/C50H35N/c1-32-26-37(42-29-39-14-6-9-17-48(39)51-31-42)22-24-43(32)38-23-25-46-47(30-38)50(41-21-19-34-11-3-5-13-36(34)28-41)45-16-8-7-15-44(45)49(46)40-20-18-33-10-2-4-12-35(33)27-40/h2-25,27-32H,26H2,1H3. The first-order valence-electron chi connectivity index (χ1n) is 17.9. The van der Waals surface area contributed by atoms with Crippen LogP contribution < -0.4 is 0 Å². The zero-order valence-corrected chi connectivity index (χ0v) is 28.5. The zero-order valence-electron chi connectivity index (χ0n) is 28.5. The van der Waals surface area contributed by atoms with E-state index in [9.17, 15) is 0 Å². The van der Waals surface area contributed by atoms with Gasteiger partial charge in [-0.05, 0) is 130 Å². The van der Waals surface area contributed by atoms with Crippen molar-refractivity contribution in [1.29, 1.82) is 0 Å². The minimum absolute atomic E-state index is 0.360. The number of para-hydroxylation sites is 1. The minimum Gasteiger partial charge on any atom is -0.256 e. The van der Waals surface area contributed by atoms with Crippen molar-refractivity contribution in [3.05, 3.63) is 187 Å². The topological polar surface area (TPSA) is 12.9 Å². The van der Waals surface area contributed by atoms with Crippen molar-refractivity contribution in [2.75, 3.05) is 0 Å². The van der Waals surface area contributed by atoms with Crippen LogP contribution in [0.2, 0.25) is 0 Å². The van der Waals surface area contributed by atoms with Crippen molar-refractivity contribution in [3.8, 4) is 22.3 Å². The quantitative estimate of drug-likeness (QED) is 0.173. The van der Waals surface area contributed by atoms with Gasteiger partial charge in [-0.15, -0.1) is 0 Å². The van der Waals surface area contributed by atoms with Crippen LogP contribution in [0.1, 0.15) is 24.5 Å². The van der Waals surface area contributed by atoms with Crippen molar-refractivity contribution >= 4 is 65.1 Å². The van der Waals surface area contributed by atoms with Gasteiger partial charge in [0, 0.05) is 11.6 Å². The molecule has 1 heterocycles. The molecule has 1 nitrogen and oxygen atoms in total. The third kappa shape index (κ3) is 5.04. The first-order chi connectivity index (χ1) is 25.2. The highest BCUT2D eigenvalue weighted by atomic mass is 14.6. The predicted octanol–water partition coefficient (Wildman–Crippen LogP) is 13.7. The number of aromatic nitrogens is 1. The molecule has 9 aromatic rings. The number of pyridine rings is 1. The number of benzene rings is 8. The number of rotatable bonds is 4. The summed E-state index contributed by atoms with van der Waals surface area (Å²) in [6, 6.07) is 58.0. The van der Waals surface area contributed by atoms with Crippen LogP contribution in [0.5, 0.6) is 0 Å². The van der Waals surface area contributed by atoms with Gasteiger partial charge in [0.25, 0.3) is 0 Å². The van der Waals surface area contributed by atoms with E-state index in [2.05, 4.69) is 177 Å². The lowest BCUT2D eigenvalue weighted by Crippen LogP contribution is -2.05. The van der Waals surface area contributed by atoms with Gasteiger partial charge in [0.05, 0.1) is 5.52 Å². The van der Waals surface area contributed by atoms with E-state index in [0.717, 1.165) is 11.9 Å². The Morgan fingerprint density at radius 3 is 1.63 bits per heavy atom. The van der Waals surface area contributed by atoms with Gasteiger partial charge in [-0.25, -0.2) is 0 Å². The van der Waals surface area contributed by atoms with Gasteiger partial charge in [-0.1, -0.05) is 146 Å². The summed E-state index contributed by atoms with van der Waals surface area (Å²) >= 11 is 0. The van der Waals surface area contributed by atoms with E-state index < -0.39 is 0 Å². The molecular weight excluding hydrogens is 615 g/mol. The molecule has 10 rings (SSSR count). The molecule has 1 aliphatic carbocycles. The SMILES string of the molecule is CC1CC(c2cnc3ccccc3c2)=CC=C1c1ccc2c(-c3ccc4ccccc4c3)c3ccccc3c(-c3ccc4ccccc4c3)c2c1. The molecule has 0 N–H and O–H groups in total. The molecule has 51 heavy (non-hydrogen) atoms. The van der Waals surface area contributed by atoms with Crippen molar-refractivity contribution < 1.29 is 0 Å². The van der Waals surface area contributed by atoms with Crippen molar-refractivity contribution in [3.63, 3.8) is 0 Å². The number of hydrogen-bond donors (Lipinski definition) is 0. The number of hydrogen-bond acceptors (Lipinski definition) is 1. The smallest absolute Gasteiger partial charge is 0.0702 e. The molecule has 0 spiro atoms. The molecule has 0 aliphatic heterocycles. The fourth-order valence-electron chi connectivity index (χ4n) is 8.37. The van der Waals surface area contributed by atoms with Crippen molar-refractivity contribution in [1.82, 2.24) is 4.98 Å². The van der Waals surface area contributed by atoms with E-state index in [1.165, 1.54) is 93.0 Å². The Labute approximate surface area is 297 Å². The van der Waals surface area contributed by atoms with Gasteiger partial charge in [0.2, 0.25) is 0 Å². The Balaban J connectivity index is 1.21. The van der Waals surface area contributed by atoms with E-state index >= 15 is 0 Å². The molecule has 0 saturated carbocycles. The van der Waals surface area contributed by atoms with Crippen molar-refractivity contribution in [2.45, 2.75) is 13.3 Å². The molecule has 0 amide bonds. The molecule has 1 unspecified atom stereocenters. The first kappa shape index (κ1) is 29.6. The lowest BCUT2D eigenvalue weighted by Gasteiger charge is -2.24. The third-order valence-electron chi connectivity index (χ3n) is 10.9. The molecule has 0 radical (unpaired) electrons. The molecule has 0 bridgehead atoms. The highest BCUT2D eigenvalue weighted by Gasteiger charge is 2.22. The summed E-state index contributed by atoms with van der Waals surface area (Å²) in [6.45, 7) is 2.36. The molecule has 0 saturated heterocycles. The van der Waals surface area contributed by atoms with Crippen molar-refractivity contribution in [2.24, 2.45) is 5.92 Å². The third-order valence-corrected chi connectivity index (χ3v) is 10.9. The van der Waals surface area contributed by atoms with Crippen LogP contribution in [0.15, 0.2) is 176 Å². The van der Waals surface area contributed by atoms with E-state index in [0.29, 0.717) is 5.92 Å². The van der Waals surface area contributed by atoms with Crippen LogP contribution >= 0.6 is 0 Å². The average Bonchev–Trinajstić information content (AvgIpc) is 3.19. The molecule has 1 aromatic heterocycles. The molecule has 1 heteroatoms. The maximum Gasteiger partial charge on any atom is 0.0702 e. The Morgan fingerprint density at radius 1 is 0.431 bits per heavy atom. The van der Waals surface area contributed by atoms with E-state index in [-0.39, 0.29) is 0 Å². The molecular formula is C50H35N. The monoisotopic (exact) mass is 649 g/mol. The van der Waals surface area contributed by atoms with Crippen LogP contribution in [-0.4, -0.2) is 4.98 Å². The first-order valence-corrected chi connectivity index (χ1v) is 17.9. The molecule has 0 fully saturated rings. The number of nitrogens with zero attached hydrogens (tertiary/aromatic N) is 1. The predicted molar refractivity (Wildman–Crippen MR) is 219 cm³/mol. The second-order valence-corrected chi connectivity index (χ2v) is 14.0. The molecule has 8 aromatic carbocycles. The summed E-state index contributed by atoms with van der Waals surface area (Å²) in [5, 5.41) is 11.3. The number of allylic oxidation sites excluding steroid dienone is 4. The largest absolute Gasteiger partial charge is 0.256 e. The van der Waals surface area contributed by atoms with E-state index in [1.54, 1.807) is 0 Å². The maximum atomic E-state index is 4.76. The van der Waals surface area contributed by atoms with Gasteiger partial charge in [-0.3, -0.25) is 4.98 Å². The van der Waals surface area contributed by atoms with Gasteiger partial charge >= 0.3 is 0 Å². The summed E-state index contributed by atoms with van der Waals surface area (Å²) in [6.07, 6.45) is 7.67. The van der Waals surface area contributed by atoms with Crippen LogP contribution in [0.25, 0.3) is 87.4 Å². The van der Waals surface area contributed by atoms with Gasteiger partial charge in [0.15, 0.2) is 0 Å². The molecule has 1 aliphatic rings. The summed E-state index contributed by atoms with van der Waals surface area (Å²) in [5.74, 6) is 0.360. The fourth-order valence-corrected chi connectivity index (χ4v) is 8.37. The van der Waals surface area contributed by atoms with Gasteiger partial charge in [0.1, 0.15) is 0 Å². The van der Waals surface area contributed by atoms with Crippen LogP contribution in [0.4, 0.5) is 0 Å². The van der Waals surface area contributed by atoms with Gasteiger partial charge in [-0.2, -0.15) is 0 Å². The summed E-state index contributed by atoms with van der Waals surface area (Å²) in [4.78, 5) is 4.76. The maximum absolute atomic E-state index is 4.76. The fraction of sp³-hybridized carbons (Fsp3) is 0.0600. The Hall–Kier alpha value is -6.31.